The molecule has 0 aromatic heterocycles. The molecule has 2 aliphatic carbocycles. The van der Waals surface area contributed by atoms with Crippen molar-refractivity contribution in [3.63, 3.8) is 0 Å². The molecule has 2 fully saturated rings. The maximum Gasteiger partial charge on any atom is 0.430 e. The molecule has 2 bridgehead atoms. The molecule has 0 amide bonds. The number of ether oxygens (including phenoxy) is 3. The van der Waals surface area contributed by atoms with Crippen molar-refractivity contribution in [1.29, 1.82) is 0 Å². The quantitative estimate of drug-likeness (QED) is 0.113. The van der Waals surface area contributed by atoms with E-state index in [1.165, 1.54) is 6.92 Å². The molecule has 0 aromatic carbocycles. The van der Waals surface area contributed by atoms with Crippen molar-refractivity contribution in [3.05, 3.63) is 0 Å². The van der Waals surface area contributed by atoms with E-state index in [-0.39, 0.29) is 36.7 Å². The Morgan fingerprint density at radius 3 is 1.28 bits per heavy atom. The first kappa shape index (κ1) is 61.1. The van der Waals surface area contributed by atoms with Gasteiger partial charge in [0.2, 0.25) is 0 Å². The van der Waals surface area contributed by atoms with Gasteiger partial charge in [0, 0.05) is 6.42 Å². The fraction of sp³-hybridized carbons (Fsp3) is 0.921. The lowest BCUT2D eigenvalue weighted by Crippen LogP contribution is -2.70. The molecule has 8 unspecified atom stereocenters. The topological polar surface area (TPSA) is 119 Å². The smallest absolute Gasteiger partial charge is 0.430 e. The molecular formula is C38H54F18O8. The molecule has 2 aliphatic rings. The molecule has 2 saturated carbocycles. The van der Waals surface area contributed by atoms with Crippen LogP contribution in [0.15, 0.2) is 0 Å². The van der Waals surface area contributed by atoms with Gasteiger partial charge >= 0.3 is 55.0 Å². The number of rotatable bonds is 12. The van der Waals surface area contributed by atoms with Gasteiger partial charge in [0.25, 0.3) is 11.2 Å². The van der Waals surface area contributed by atoms with Gasteiger partial charge < -0.3 is 24.4 Å². The van der Waals surface area contributed by atoms with E-state index in [1.54, 1.807) is 13.8 Å². The van der Waals surface area contributed by atoms with Crippen molar-refractivity contribution >= 4 is 17.9 Å². The second-order valence-electron chi connectivity index (χ2n) is 17.5. The Bertz CT molecular complexity index is 1530. The Kier molecular flexibility index (Phi) is 19.2. The summed E-state index contributed by atoms with van der Waals surface area (Å²) in [7, 11) is 0. The second-order valence-corrected chi connectivity index (χ2v) is 17.5. The highest BCUT2D eigenvalue weighted by atomic mass is 19.4. The maximum absolute atomic E-state index is 13.0. The van der Waals surface area contributed by atoms with Gasteiger partial charge in [-0.2, -0.15) is 79.0 Å². The standard InChI is InChI=1S/C16H22F6O3.C12H15F9O3.C10H17F3O2/c1-7-8(2)10-5-9(7)6-11(10)12(23)25-13(3,4)14(24,15(17,18)19)16(20,21)22;1-4-8(3,10(13,14)15)7(22)24-6(2)5-9(23,11(16,17)18)12(19,20)21;1-5-9(4,10(11,12)13)8(14)15-6-7(2)3/h7-11,24H,5-6H2,1-4H3;6,23H,4-5H2,1-3H3;7H,5-6H2,1-4H3. The lowest BCUT2D eigenvalue weighted by atomic mass is 9.75. The predicted octanol–water partition coefficient (Wildman–Crippen LogP) is 11.4. The Balaban J connectivity index is 0.000000962. The summed E-state index contributed by atoms with van der Waals surface area (Å²) in [6.45, 7) is 12.4. The molecule has 2 N–H and O–H groups in total. The van der Waals surface area contributed by atoms with Crippen LogP contribution in [0.25, 0.3) is 0 Å². The zero-order valence-electron chi connectivity index (χ0n) is 36.4. The van der Waals surface area contributed by atoms with Gasteiger partial charge in [-0.15, -0.1) is 0 Å². The molecule has 0 aliphatic heterocycles. The third-order valence-electron chi connectivity index (χ3n) is 12.2. The molecule has 2 rings (SSSR count). The zero-order valence-corrected chi connectivity index (χ0v) is 36.4. The number of halogens is 18. The number of alkyl halides is 18. The number of hydrogen-bond donors (Lipinski definition) is 2. The first-order valence-electron chi connectivity index (χ1n) is 19.5. The van der Waals surface area contributed by atoms with Crippen molar-refractivity contribution in [2.24, 2.45) is 46.3 Å². The first-order valence-corrected chi connectivity index (χ1v) is 19.5. The van der Waals surface area contributed by atoms with Gasteiger partial charge in [-0.3, -0.25) is 14.4 Å². The van der Waals surface area contributed by atoms with Crippen molar-refractivity contribution in [1.82, 2.24) is 0 Å². The van der Waals surface area contributed by atoms with Gasteiger partial charge in [0.15, 0.2) is 16.4 Å². The normalized spacial score (nSPS) is 23.7. The summed E-state index contributed by atoms with van der Waals surface area (Å²) in [6.07, 6.45) is -38.6. The highest BCUT2D eigenvalue weighted by molar-refractivity contribution is 5.78. The summed E-state index contributed by atoms with van der Waals surface area (Å²) < 4.78 is 243. The predicted molar refractivity (Wildman–Crippen MR) is 187 cm³/mol. The summed E-state index contributed by atoms with van der Waals surface area (Å²) in [5.74, 6) is -4.44. The average Bonchev–Trinajstić information content (AvgIpc) is 3.65. The molecule has 26 heteroatoms. The van der Waals surface area contributed by atoms with E-state index < -0.39 is 107 Å². The summed E-state index contributed by atoms with van der Waals surface area (Å²) in [6, 6.07) is 0. The number of fused-ring (bicyclic) bond motifs is 2. The van der Waals surface area contributed by atoms with E-state index in [1.807, 2.05) is 13.8 Å². The minimum atomic E-state index is -6.16. The Morgan fingerprint density at radius 1 is 0.594 bits per heavy atom. The van der Waals surface area contributed by atoms with Gasteiger partial charge in [-0.25, -0.2) is 0 Å². The van der Waals surface area contributed by atoms with Gasteiger partial charge in [-0.05, 0) is 89.9 Å². The number of aliphatic hydroxyl groups is 2. The van der Waals surface area contributed by atoms with Crippen LogP contribution < -0.4 is 0 Å². The highest BCUT2D eigenvalue weighted by Gasteiger charge is 2.79. The van der Waals surface area contributed by atoms with E-state index in [9.17, 15) is 98.5 Å². The molecule has 8 atom stereocenters. The number of carbonyl (C=O) groups excluding carboxylic acids is 3. The minimum Gasteiger partial charge on any atom is -0.465 e. The summed E-state index contributed by atoms with van der Waals surface area (Å²) in [5.41, 5.74) is -19.1. The number of hydrogen-bond acceptors (Lipinski definition) is 8. The minimum absolute atomic E-state index is 0.0184. The van der Waals surface area contributed by atoms with E-state index in [0.717, 1.165) is 13.8 Å². The van der Waals surface area contributed by atoms with E-state index in [0.29, 0.717) is 46.5 Å². The van der Waals surface area contributed by atoms with E-state index in [2.05, 4.69) is 14.2 Å². The third kappa shape index (κ3) is 12.7. The van der Waals surface area contributed by atoms with Crippen LogP contribution in [0.3, 0.4) is 0 Å². The fourth-order valence-corrected chi connectivity index (χ4v) is 6.94. The van der Waals surface area contributed by atoms with Crippen molar-refractivity contribution in [2.45, 2.75) is 168 Å². The maximum atomic E-state index is 13.0. The summed E-state index contributed by atoms with van der Waals surface area (Å²) in [5, 5.41) is 18.4. The molecule has 0 heterocycles. The average molecular weight is 981 g/mol. The molecule has 380 valence electrons. The summed E-state index contributed by atoms with van der Waals surface area (Å²) in [4.78, 5) is 35.2. The van der Waals surface area contributed by atoms with Gasteiger partial charge in [0.05, 0.1) is 12.5 Å². The Morgan fingerprint density at radius 2 is 0.984 bits per heavy atom. The SMILES string of the molecule is CC1C2CC(C(=O)OC(C)(C)C(O)(C(F)(F)F)C(F)(F)F)C(C2)C1C.CCC(C)(C(=O)OC(C)CC(O)(C(F)(F)F)C(F)(F)F)C(F)(F)F.CCC(C)(C(=O)OCC(C)C)C(F)(F)F. The highest BCUT2D eigenvalue weighted by Crippen LogP contribution is 2.57. The van der Waals surface area contributed by atoms with E-state index >= 15 is 0 Å². The van der Waals surface area contributed by atoms with Crippen molar-refractivity contribution in [3.8, 4) is 0 Å². The van der Waals surface area contributed by atoms with Crippen LogP contribution >= 0.6 is 0 Å². The first-order chi connectivity index (χ1) is 28.0. The van der Waals surface area contributed by atoms with Crippen molar-refractivity contribution in [2.75, 3.05) is 6.61 Å². The summed E-state index contributed by atoms with van der Waals surface area (Å²) >= 11 is 0. The molecule has 0 radical (unpaired) electrons. The lowest BCUT2D eigenvalue weighted by Gasteiger charge is -2.44. The van der Waals surface area contributed by atoms with Crippen LogP contribution in [0.2, 0.25) is 0 Å². The monoisotopic (exact) mass is 980 g/mol. The zero-order chi connectivity index (χ0) is 51.6. The Hall–Kier alpha value is -2.93. The Labute approximate surface area is 357 Å². The van der Waals surface area contributed by atoms with Crippen LogP contribution in [-0.4, -0.2) is 94.7 Å². The molecule has 0 saturated heterocycles. The molecule has 64 heavy (non-hydrogen) atoms. The van der Waals surface area contributed by atoms with Crippen LogP contribution in [0.4, 0.5) is 79.0 Å². The lowest BCUT2D eigenvalue weighted by molar-refractivity contribution is -0.407. The number of esters is 3. The van der Waals surface area contributed by atoms with Crippen molar-refractivity contribution < 1.29 is 118 Å². The largest absolute Gasteiger partial charge is 0.465 e. The van der Waals surface area contributed by atoms with Gasteiger partial charge in [0.1, 0.15) is 6.10 Å². The molecule has 0 aromatic rings. The number of carbonyl (C=O) groups is 3. The molecular weight excluding hydrogens is 926 g/mol. The van der Waals surface area contributed by atoms with E-state index in [4.69, 9.17) is 5.11 Å². The third-order valence-corrected chi connectivity index (χ3v) is 12.2. The van der Waals surface area contributed by atoms with Crippen LogP contribution in [0.1, 0.15) is 108 Å². The van der Waals surface area contributed by atoms with Crippen LogP contribution in [0, 0.1) is 46.3 Å². The van der Waals surface area contributed by atoms with Crippen LogP contribution in [-0.2, 0) is 28.6 Å². The second kappa shape index (κ2) is 20.1. The fourth-order valence-electron chi connectivity index (χ4n) is 6.94. The van der Waals surface area contributed by atoms with Crippen LogP contribution in [0.5, 0.6) is 0 Å². The molecule has 0 spiro atoms. The molecule has 8 nitrogen and oxygen atoms in total. The van der Waals surface area contributed by atoms with Gasteiger partial charge in [-0.1, -0.05) is 41.5 Å².